The van der Waals surface area contributed by atoms with Crippen molar-refractivity contribution in [3.63, 3.8) is 0 Å². The number of carbonyl (C=O) groups excluding carboxylic acids is 1. The Bertz CT molecular complexity index is 1180. The zero-order valence-electron chi connectivity index (χ0n) is 18.8. The van der Waals surface area contributed by atoms with Crippen LogP contribution >= 0.6 is 11.3 Å². The lowest BCUT2D eigenvalue weighted by Gasteiger charge is -2.22. The van der Waals surface area contributed by atoms with Gasteiger partial charge >= 0.3 is 0 Å². The fourth-order valence-electron chi connectivity index (χ4n) is 3.12. The third-order valence-electron chi connectivity index (χ3n) is 4.97. The van der Waals surface area contributed by atoms with E-state index in [4.69, 9.17) is 9.47 Å². The fraction of sp³-hybridized carbons (Fsp3) is 0.364. The van der Waals surface area contributed by atoms with Crippen molar-refractivity contribution in [3.8, 4) is 11.5 Å². The molecule has 0 aliphatic heterocycles. The number of hydrogen-bond donors (Lipinski definition) is 0. The number of carbonyl (C=O) groups is 1. The molecule has 0 fully saturated rings. The van der Waals surface area contributed by atoms with E-state index in [1.54, 1.807) is 50.3 Å². The molecule has 0 atom stereocenters. The van der Waals surface area contributed by atoms with Crippen molar-refractivity contribution in [1.29, 1.82) is 0 Å². The Labute approximate surface area is 192 Å². The second kappa shape index (κ2) is 9.85. The van der Waals surface area contributed by atoms with Gasteiger partial charge in [0.15, 0.2) is 15.0 Å². The number of amides is 1. The number of hydrogen-bond acceptors (Lipinski definition) is 8. The topological polar surface area (TPSA) is 89.0 Å². The standard InChI is InChI=1S/C22H27N3O5S2/c1-6-32(27,28)16-9-7-8-15(14-16)21(26)25(13-12-24(2)3)22-23-19-17(29-4)10-11-18(30-5)20(19)31-22/h7-11,14H,6,12-13H2,1-5H3. The van der Waals surface area contributed by atoms with Crippen LogP contribution in [0.1, 0.15) is 17.3 Å². The summed E-state index contributed by atoms with van der Waals surface area (Å²) in [5.41, 5.74) is 0.897. The molecule has 0 aliphatic carbocycles. The third kappa shape index (κ3) is 4.87. The number of fused-ring (bicyclic) bond motifs is 1. The number of nitrogens with zero attached hydrogens (tertiary/aromatic N) is 3. The molecule has 172 valence electrons. The van der Waals surface area contributed by atoms with Crippen LogP contribution in [0.4, 0.5) is 5.13 Å². The smallest absolute Gasteiger partial charge is 0.260 e. The Morgan fingerprint density at radius 1 is 1.06 bits per heavy atom. The van der Waals surface area contributed by atoms with E-state index >= 15 is 0 Å². The first-order valence-electron chi connectivity index (χ1n) is 10.0. The van der Waals surface area contributed by atoms with E-state index in [1.165, 1.54) is 23.5 Å². The van der Waals surface area contributed by atoms with Gasteiger partial charge < -0.3 is 14.4 Å². The van der Waals surface area contributed by atoms with Crippen molar-refractivity contribution in [2.45, 2.75) is 11.8 Å². The van der Waals surface area contributed by atoms with Crippen LogP contribution in [-0.2, 0) is 9.84 Å². The van der Waals surface area contributed by atoms with Gasteiger partial charge in [0.25, 0.3) is 5.91 Å². The number of sulfone groups is 1. The van der Waals surface area contributed by atoms with Crippen LogP contribution in [0.25, 0.3) is 10.2 Å². The summed E-state index contributed by atoms with van der Waals surface area (Å²) in [4.78, 5) is 21.9. The number of benzene rings is 2. The van der Waals surface area contributed by atoms with Gasteiger partial charge in [-0.3, -0.25) is 9.69 Å². The van der Waals surface area contributed by atoms with Gasteiger partial charge in [-0.15, -0.1) is 0 Å². The van der Waals surface area contributed by atoms with Crippen molar-refractivity contribution in [2.24, 2.45) is 0 Å². The lowest BCUT2D eigenvalue weighted by Crippen LogP contribution is -2.36. The van der Waals surface area contributed by atoms with Crippen LogP contribution in [0.3, 0.4) is 0 Å². The summed E-state index contributed by atoms with van der Waals surface area (Å²) in [6, 6.07) is 9.72. The Balaban J connectivity index is 2.10. The zero-order chi connectivity index (χ0) is 23.5. The van der Waals surface area contributed by atoms with Gasteiger partial charge in [-0.25, -0.2) is 13.4 Å². The predicted molar refractivity (Wildman–Crippen MR) is 127 cm³/mol. The first-order chi connectivity index (χ1) is 15.2. The highest BCUT2D eigenvalue weighted by Gasteiger charge is 2.25. The monoisotopic (exact) mass is 477 g/mol. The highest BCUT2D eigenvalue weighted by Crippen LogP contribution is 2.40. The van der Waals surface area contributed by atoms with Crippen molar-refractivity contribution >= 4 is 42.4 Å². The van der Waals surface area contributed by atoms with Gasteiger partial charge in [0.1, 0.15) is 21.7 Å². The van der Waals surface area contributed by atoms with E-state index in [-0.39, 0.29) is 22.1 Å². The number of aromatic nitrogens is 1. The highest BCUT2D eigenvalue weighted by atomic mass is 32.2. The Morgan fingerprint density at radius 3 is 2.38 bits per heavy atom. The fourth-order valence-corrected chi connectivity index (χ4v) is 5.14. The molecular weight excluding hydrogens is 450 g/mol. The van der Waals surface area contributed by atoms with Crippen molar-refractivity contribution in [1.82, 2.24) is 9.88 Å². The van der Waals surface area contributed by atoms with Gasteiger partial charge in [-0.1, -0.05) is 24.3 Å². The highest BCUT2D eigenvalue weighted by molar-refractivity contribution is 7.91. The minimum Gasteiger partial charge on any atom is -0.495 e. The van der Waals surface area contributed by atoms with E-state index in [1.807, 2.05) is 19.0 Å². The summed E-state index contributed by atoms with van der Waals surface area (Å²) >= 11 is 1.33. The number of anilines is 1. The molecular formula is C22H27N3O5S2. The largest absolute Gasteiger partial charge is 0.495 e. The van der Waals surface area contributed by atoms with Crippen LogP contribution in [0.2, 0.25) is 0 Å². The number of ether oxygens (including phenoxy) is 2. The van der Waals surface area contributed by atoms with Crippen molar-refractivity contribution in [2.75, 3.05) is 52.1 Å². The summed E-state index contributed by atoms with van der Waals surface area (Å²) in [5.74, 6) is 0.865. The van der Waals surface area contributed by atoms with Crippen LogP contribution in [0, 0.1) is 0 Å². The molecule has 0 radical (unpaired) electrons. The summed E-state index contributed by atoms with van der Waals surface area (Å²) in [6.45, 7) is 2.55. The first kappa shape index (κ1) is 24.0. The number of methoxy groups -OCH3 is 2. The molecule has 0 spiro atoms. The SMILES string of the molecule is CCS(=O)(=O)c1cccc(C(=O)N(CCN(C)C)c2nc3c(OC)ccc(OC)c3s2)c1. The summed E-state index contributed by atoms with van der Waals surface area (Å²) in [7, 11) is 3.55. The van der Waals surface area contributed by atoms with Crippen LogP contribution in [0.15, 0.2) is 41.3 Å². The zero-order valence-corrected chi connectivity index (χ0v) is 20.4. The van der Waals surface area contributed by atoms with Crippen LogP contribution in [-0.4, -0.2) is 71.4 Å². The normalized spacial score (nSPS) is 11.7. The molecule has 3 rings (SSSR count). The molecule has 0 bridgehead atoms. The maximum Gasteiger partial charge on any atom is 0.260 e. The second-order valence-electron chi connectivity index (χ2n) is 7.34. The Morgan fingerprint density at radius 2 is 1.75 bits per heavy atom. The molecule has 3 aromatic rings. The maximum absolute atomic E-state index is 13.5. The molecule has 32 heavy (non-hydrogen) atoms. The summed E-state index contributed by atoms with van der Waals surface area (Å²) in [6.07, 6.45) is 0. The number of thiazole rings is 1. The third-order valence-corrected chi connectivity index (χ3v) is 7.79. The van der Waals surface area contributed by atoms with Crippen molar-refractivity contribution in [3.05, 3.63) is 42.0 Å². The average molecular weight is 478 g/mol. The predicted octanol–water partition coefficient (Wildman–Crippen LogP) is 3.32. The summed E-state index contributed by atoms with van der Waals surface area (Å²) in [5, 5.41) is 0.485. The average Bonchev–Trinajstić information content (AvgIpc) is 3.23. The van der Waals surface area contributed by atoms with E-state index in [2.05, 4.69) is 4.98 Å². The Hall–Kier alpha value is -2.69. The minimum atomic E-state index is -3.43. The van der Waals surface area contributed by atoms with Gasteiger partial charge in [0, 0.05) is 18.7 Å². The lowest BCUT2D eigenvalue weighted by molar-refractivity contribution is 0.0985. The van der Waals surface area contributed by atoms with Crippen LogP contribution < -0.4 is 14.4 Å². The van der Waals surface area contributed by atoms with Gasteiger partial charge in [0.2, 0.25) is 0 Å². The lowest BCUT2D eigenvalue weighted by atomic mass is 10.2. The van der Waals surface area contributed by atoms with Gasteiger partial charge in [-0.05, 0) is 44.4 Å². The molecule has 0 saturated heterocycles. The first-order valence-corrected chi connectivity index (χ1v) is 12.5. The quantitative estimate of drug-likeness (QED) is 0.467. The van der Waals surface area contributed by atoms with E-state index < -0.39 is 9.84 Å². The van der Waals surface area contributed by atoms with Crippen molar-refractivity contribution < 1.29 is 22.7 Å². The minimum absolute atomic E-state index is 0.0353. The molecule has 0 saturated carbocycles. The molecule has 2 aromatic carbocycles. The summed E-state index contributed by atoms with van der Waals surface area (Å²) < 4.78 is 36.3. The molecule has 1 heterocycles. The molecule has 10 heteroatoms. The van der Waals surface area contributed by atoms with E-state index in [0.29, 0.717) is 35.2 Å². The molecule has 1 amide bonds. The molecule has 1 aromatic heterocycles. The molecule has 0 unspecified atom stereocenters. The molecule has 0 N–H and O–H groups in total. The van der Waals surface area contributed by atoms with E-state index in [9.17, 15) is 13.2 Å². The molecule has 8 nitrogen and oxygen atoms in total. The maximum atomic E-state index is 13.5. The van der Waals surface area contributed by atoms with E-state index in [0.717, 1.165) is 4.70 Å². The number of likely N-dealkylation sites (N-methyl/N-ethyl adjacent to an activating group) is 1. The number of rotatable bonds is 9. The van der Waals surface area contributed by atoms with Crippen LogP contribution in [0.5, 0.6) is 11.5 Å². The van der Waals surface area contributed by atoms with Gasteiger partial charge in [0.05, 0.1) is 24.9 Å². The van der Waals surface area contributed by atoms with Gasteiger partial charge in [-0.2, -0.15) is 0 Å². The second-order valence-corrected chi connectivity index (χ2v) is 10.6. The molecule has 0 aliphatic rings. The Kier molecular flexibility index (Phi) is 7.37.